The van der Waals surface area contributed by atoms with Gasteiger partial charge in [0.1, 0.15) is 0 Å². The van der Waals surface area contributed by atoms with E-state index < -0.39 is 24.4 Å². The summed E-state index contributed by atoms with van der Waals surface area (Å²) >= 11 is 0. The molecule has 0 spiro atoms. The zero-order chi connectivity index (χ0) is 73.2. The first-order chi connectivity index (χ1) is 41.0. The molecule has 4 aromatic rings. The van der Waals surface area contributed by atoms with Crippen LogP contribution in [0.5, 0.6) is 23.0 Å². The topological polar surface area (TPSA) is 197 Å². The Morgan fingerprint density at radius 3 is 0.511 bits per heavy atom. The molecule has 0 aromatic heterocycles. The van der Waals surface area contributed by atoms with Crippen molar-refractivity contribution in [3.8, 4) is 23.0 Å². The van der Waals surface area contributed by atoms with E-state index >= 15 is 0 Å². The summed E-state index contributed by atoms with van der Waals surface area (Å²) in [6, 6.07) is 16.8. The van der Waals surface area contributed by atoms with Crippen molar-refractivity contribution >= 4 is 0 Å². The molecule has 0 aliphatic heterocycles. The molecular weight excluding hydrogens is 1250 g/mol. The van der Waals surface area contributed by atoms with Crippen molar-refractivity contribution in [3.05, 3.63) is 115 Å². The summed E-state index contributed by atoms with van der Waals surface area (Å²) in [4.78, 5) is 8.87. The van der Waals surface area contributed by atoms with E-state index in [0.717, 1.165) is 70.7 Å². The first-order valence-corrected chi connectivity index (χ1v) is 33.7. The van der Waals surface area contributed by atoms with Gasteiger partial charge in [-0.2, -0.15) is 0 Å². The third-order valence-corrected chi connectivity index (χ3v) is 14.7. The number of hydrogen-bond acceptors (Lipinski definition) is 12. The van der Waals surface area contributed by atoms with E-state index in [1.54, 1.807) is 55.4 Å². The fourth-order valence-corrected chi connectivity index (χ4v) is 9.26. The van der Waals surface area contributed by atoms with Crippen LogP contribution in [0.1, 0.15) is 288 Å². The summed E-state index contributed by atoms with van der Waals surface area (Å²) in [6.07, 6.45) is -1.67. The van der Waals surface area contributed by atoms with Gasteiger partial charge in [-0.1, -0.05) is 270 Å². The molecule has 0 aliphatic carbocycles. The zero-order valence-electron chi connectivity index (χ0n) is 66.5. The second-order valence-electron chi connectivity index (χ2n) is 35.3. The van der Waals surface area contributed by atoms with Gasteiger partial charge in [0.2, 0.25) is 0 Å². The molecule has 2 radical (unpaired) electrons. The first kappa shape index (κ1) is 97.3. The Morgan fingerprint density at radius 1 is 0.266 bits per heavy atom. The molecule has 0 N–H and O–H groups in total. The molecule has 0 heterocycles. The van der Waals surface area contributed by atoms with Gasteiger partial charge in [-0.25, -0.2) is 0 Å². The summed E-state index contributed by atoms with van der Waals surface area (Å²) in [5.41, 5.74) is 10.2. The molecule has 0 saturated carbocycles. The molecule has 0 amide bonds. The molecule has 12 nitrogen and oxygen atoms in total. The summed E-state index contributed by atoms with van der Waals surface area (Å²) in [5.74, 6) is 0.506. The summed E-state index contributed by atoms with van der Waals surface area (Å²) in [5, 5.41) is 93.2. The molecule has 0 saturated heterocycles. The number of nitrogens with zero attached hydrogens (tertiary/aromatic N) is 4. The normalized spacial score (nSPS) is 12.5. The Kier molecular flexibility index (Phi) is 41.7. The van der Waals surface area contributed by atoms with Crippen LogP contribution in [0, 0.1) is 0 Å². The molecule has 534 valence electrons. The van der Waals surface area contributed by atoms with E-state index in [1.807, 2.05) is 0 Å². The number of likely N-dealkylation sites (N-methyl/N-ethyl adjacent to an activating group) is 2. The van der Waals surface area contributed by atoms with Gasteiger partial charge in [0, 0.05) is 52.4 Å². The second kappa shape index (κ2) is 40.2. The molecule has 94 heavy (non-hydrogen) atoms. The Hall–Kier alpha value is -3.07. The summed E-state index contributed by atoms with van der Waals surface area (Å²) < 4.78 is 0. The zero-order valence-corrected chi connectivity index (χ0v) is 69.3. The van der Waals surface area contributed by atoms with Crippen LogP contribution in [0.2, 0.25) is 0 Å². The van der Waals surface area contributed by atoms with Gasteiger partial charge in [-0.05, 0) is 138 Å². The smallest absolute Gasteiger partial charge is 0.872 e. The maximum absolute atomic E-state index is 13.8. The fourth-order valence-electron chi connectivity index (χ4n) is 9.26. The second-order valence-corrected chi connectivity index (χ2v) is 35.3. The molecule has 0 fully saturated rings. The Bertz CT molecular complexity index is 2420. The van der Waals surface area contributed by atoms with Crippen molar-refractivity contribution in [1.82, 2.24) is 19.6 Å². The quantitative estimate of drug-likeness (QED) is 0.116. The molecule has 14 heteroatoms. The predicted octanol–water partition coefficient (Wildman–Crippen LogP) is 12.2. The van der Waals surface area contributed by atoms with Crippen LogP contribution in [0.15, 0.2) is 48.5 Å². The minimum atomic E-state index is -0.417. The summed E-state index contributed by atoms with van der Waals surface area (Å²) in [7, 11) is 8.25. The van der Waals surface area contributed by atoms with Crippen LogP contribution in [0.3, 0.4) is 0 Å². The van der Waals surface area contributed by atoms with E-state index in [-0.39, 0.29) is 103 Å². The number of benzene rings is 4. The Balaban J connectivity index is -0.000000687. The van der Waals surface area contributed by atoms with Crippen molar-refractivity contribution in [2.24, 2.45) is 0 Å². The van der Waals surface area contributed by atoms with E-state index in [1.165, 1.54) is 22.3 Å². The van der Waals surface area contributed by atoms with Gasteiger partial charge in [0.25, 0.3) is 0 Å². The van der Waals surface area contributed by atoms with Crippen molar-refractivity contribution in [2.75, 3.05) is 54.4 Å². The van der Waals surface area contributed by atoms with Crippen molar-refractivity contribution in [2.45, 2.75) is 315 Å². The van der Waals surface area contributed by atoms with Gasteiger partial charge in [0.15, 0.2) is 0 Å². The van der Waals surface area contributed by atoms with Crippen molar-refractivity contribution in [3.63, 3.8) is 0 Å². The van der Waals surface area contributed by atoms with Gasteiger partial charge in [-0.15, -0.1) is 47.4 Å². The van der Waals surface area contributed by atoms with Gasteiger partial charge in [0.05, 0.1) is 0 Å². The average molecular weight is 1380 g/mol. The van der Waals surface area contributed by atoms with Crippen molar-refractivity contribution < 1.29 is 78.0 Å². The molecule has 0 atom stereocenters. The minimum absolute atomic E-state index is 0. The first-order valence-electron chi connectivity index (χ1n) is 33.7. The van der Waals surface area contributed by atoms with Crippen LogP contribution >= 0.6 is 0 Å². The number of rotatable bonds is 14. The molecule has 0 unspecified atom stereocenters. The number of hydrogen-bond donors (Lipinski definition) is 0. The predicted molar refractivity (Wildman–Crippen MR) is 379 cm³/mol. The van der Waals surface area contributed by atoms with E-state index in [4.69, 9.17) is 0 Å². The standard InChI is InChI=1S/2C34H56N2O2.4C3H7O.2V/c2*1-31(2,3)25-17-23(29(37)27(19-25)33(7,8)9)21-36(16-15-35(13)14)22-24-18-26(32(4,5)6)20-28(30(24)38)34(10,11)12;4*1-3(2)4;;/h2*17-20,37-38H,15-16,21-22H2,1-14H3;4*3H,1-2H3;;/q;;4*-1;2*+4/p-4. The largest absolute Gasteiger partial charge is 4.00 e. The fraction of sp³-hybridized carbons (Fsp3) is 0.700. The third kappa shape index (κ3) is 37.8. The Morgan fingerprint density at radius 2 is 0.404 bits per heavy atom. The molecule has 0 aliphatic rings. The van der Waals surface area contributed by atoms with E-state index in [0.29, 0.717) is 26.2 Å². The van der Waals surface area contributed by atoms with E-state index in [9.17, 15) is 40.9 Å². The molecule has 4 aromatic carbocycles. The average Bonchev–Trinajstić information content (AvgIpc) is 0.804. The van der Waals surface area contributed by atoms with Gasteiger partial charge >= 0.3 is 37.1 Å². The van der Waals surface area contributed by atoms with E-state index in [2.05, 4.69) is 262 Å². The van der Waals surface area contributed by atoms with Gasteiger partial charge < -0.3 is 50.7 Å². The van der Waals surface area contributed by atoms with Crippen LogP contribution in [-0.2, 0) is 107 Å². The van der Waals surface area contributed by atoms with Gasteiger partial charge in [-0.3, -0.25) is 9.80 Å². The van der Waals surface area contributed by atoms with Crippen LogP contribution in [-0.4, -0.2) is 98.4 Å². The molecular formula is C80H136N4O8V2. The van der Waals surface area contributed by atoms with Crippen LogP contribution in [0.25, 0.3) is 0 Å². The third-order valence-electron chi connectivity index (χ3n) is 14.7. The molecule has 4 rings (SSSR count). The van der Waals surface area contributed by atoms with Crippen molar-refractivity contribution in [1.29, 1.82) is 0 Å². The minimum Gasteiger partial charge on any atom is -0.872 e. The Labute approximate surface area is 601 Å². The SMILES string of the molecule is CC(C)[O-].CC(C)[O-].CC(C)[O-].CC(C)[O-].CN(C)CCN(Cc1cc(C(C)(C)C)cc(C(C)(C)C)c1[O-])Cc1cc(C(C)(C)C)cc(C(C)(C)C)c1[O-].CN(C)CCN(Cc1cc(C(C)(C)C)cc(C(C)(C)C)c1[O-])Cc1cc(C(C)(C)C)cc(C(C)(C)C)c1[O-].[V+4].[V+4]. The molecule has 0 bridgehead atoms. The maximum atomic E-state index is 13.8. The van der Waals surface area contributed by atoms with Crippen LogP contribution < -0.4 is 40.9 Å². The monoisotopic (exact) mass is 1380 g/mol. The van der Waals surface area contributed by atoms with Crippen LogP contribution in [0.4, 0.5) is 0 Å². The summed E-state index contributed by atoms with van der Waals surface area (Å²) in [6.45, 7) is 69.9. The maximum Gasteiger partial charge on any atom is 4.00 e.